The molecule has 0 saturated carbocycles. The van der Waals surface area contributed by atoms with Crippen LogP contribution < -0.4 is 0 Å². The molecule has 12 rings (SSSR count). The number of rotatable bonds is 4. The molecule has 0 heterocycles. The molecule has 0 fully saturated rings. The maximum atomic E-state index is 14.5. The average molecular weight is 743 g/mol. The number of fused-ring (bicyclic) bond motifs is 6. The van der Waals surface area contributed by atoms with Crippen molar-refractivity contribution in [2.75, 3.05) is 0 Å². The van der Waals surface area contributed by atoms with Gasteiger partial charge in [0.25, 0.3) is 0 Å². The molecule has 12 aromatic carbocycles. The fraction of sp³-hybridized carbons (Fsp3) is 0. The first-order valence-corrected chi connectivity index (χ1v) is 19.7. The zero-order valence-electron chi connectivity index (χ0n) is 31.2. The van der Waals surface area contributed by atoms with E-state index in [0.29, 0.717) is 0 Å². The molecular weight excluding hydrogens is 711 g/mol. The predicted molar refractivity (Wildman–Crippen MR) is 242 cm³/mol. The van der Waals surface area contributed by atoms with Gasteiger partial charge in [0.15, 0.2) is 0 Å². The first kappa shape index (κ1) is 32.8. The summed E-state index contributed by atoms with van der Waals surface area (Å²) in [4.78, 5) is 0. The predicted octanol–water partition coefficient (Wildman–Crippen LogP) is 16.1. The lowest BCUT2D eigenvalue weighted by molar-refractivity contribution is 0.627. The summed E-state index contributed by atoms with van der Waals surface area (Å²) in [6.07, 6.45) is 0. The monoisotopic (exact) mass is 742 g/mol. The molecule has 0 saturated heterocycles. The molecule has 0 aliphatic heterocycles. The van der Waals surface area contributed by atoms with Crippen molar-refractivity contribution in [2.24, 2.45) is 0 Å². The van der Waals surface area contributed by atoms with E-state index in [9.17, 15) is 8.78 Å². The minimum atomic E-state index is -0.265. The van der Waals surface area contributed by atoms with Crippen LogP contribution in [-0.4, -0.2) is 0 Å². The van der Waals surface area contributed by atoms with Crippen LogP contribution in [0.3, 0.4) is 0 Å². The Morgan fingerprint density at radius 2 is 0.534 bits per heavy atom. The van der Waals surface area contributed by atoms with Gasteiger partial charge in [-0.05, 0) is 168 Å². The summed E-state index contributed by atoms with van der Waals surface area (Å²) in [6, 6.07) is 66.6. The molecule has 0 aliphatic carbocycles. The molecule has 12 aromatic rings. The van der Waals surface area contributed by atoms with Crippen LogP contribution in [0.15, 0.2) is 194 Å². The Morgan fingerprint density at radius 3 is 0.931 bits per heavy atom. The number of benzene rings is 12. The standard InChI is InChI=1S/C56H32F2/c57-37-21-17-33(18-22-37)49-31-53(51-29-35-9-1-3-11-39(35)41-13-5-7-15-43(41)51)47-27-25-46-50(34-19-23-38(58)24-20-34)32-54(48-28-26-45(49)55(47)56(46)48)52-30-36-10-2-4-12-40(36)42-14-6-8-16-44(42)52/h1-32H. The Morgan fingerprint density at radius 1 is 0.224 bits per heavy atom. The lowest BCUT2D eigenvalue weighted by Crippen LogP contribution is -1.95. The highest BCUT2D eigenvalue weighted by Gasteiger charge is 2.23. The second-order valence-electron chi connectivity index (χ2n) is 15.4. The average Bonchev–Trinajstić information content (AvgIpc) is 3.28. The van der Waals surface area contributed by atoms with Crippen LogP contribution in [0.5, 0.6) is 0 Å². The molecule has 0 radical (unpaired) electrons. The van der Waals surface area contributed by atoms with Gasteiger partial charge >= 0.3 is 0 Å². The van der Waals surface area contributed by atoms with Gasteiger partial charge in [-0.25, -0.2) is 8.78 Å². The fourth-order valence-electron chi connectivity index (χ4n) is 9.73. The van der Waals surface area contributed by atoms with Gasteiger partial charge < -0.3 is 0 Å². The third-order valence-electron chi connectivity index (χ3n) is 12.3. The van der Waals surface area contributed by atoms with Crippen molar-refractivity contribution >= 4 is 75.4 Å². The number of hydrogen-bond donors (Lipinski definition) is 0. The van der Waals surface area contributed by atoms with Crippen molar-refractivity contribution < 1.29 is 8.78 Å². The van der Waals surface area contributed by atoms with Crippen molar-refractivity contribution in [1.29, 1.82) is 0 Å². The molecular formula is C56H32F2. The molecule has 0 unspecified atom stereocenters. The van der Waals surface area contributed by atoms with Gasteiger partial charge in [0.2, 0.25) is 0 Å². The van der Waals surface area contributed by atoms with Crippen LogP contribution in [-0.2, 0) is 0 Å². The van der Waals surface area contributed by atoms with Crippen molar-refractivity contribution in [3.63, 3.8) is 0 Å². The molecule has 2 heteroatoms. The van der Waals surface area contributed by atoms with Gasteiger partial charge in [-0.2, -0.15) is 0 Å². The van der Waals surface area contributed by atoms with Crippen molar-refractivity contribution in [3.8, 4) is 44.5 Å². The van der Waals surface area contributed by atoms with Gasteiger partial charge in [-0.3, -0.25) is 0 Å². The summed E-state index contributed by atoms with van der Waals surface area (Å²) in [5.41, 5.74) is 8.51. The first-order chi connectivity index (χ1) is 28.6. The molecule has 0 aromatic heterocycles. The van der Waals surface area contributed by atoms with Crippen LogP contribution in [0.4, 0.5) is 8.78 Å². The highest BCUT2D eigenvalue weighted by molar-refractivity contribution is 6.33. The Kier molecular flexibility index (Phi) is 7.09. The first-order valence-electron chi connectivity index (χ1n) is 19.7. The second-order valence-corrected chi connectivity index (χ2v) is 15.4. The van der Waals surface area contributed by atoms with Crippen molar-refractivity contribution in [1.82, 2.24) is 0 Å². The Balaban J connectivity index is 1.29. The van der Waals surface area contributed by atoms with Gasteiger partial charge in [0.1, 0.15) is 11.6 Å². The largest absolute Gasteiger partial charge is 0.207 e. The molecule has 0 spiro atoms. The smallest absolute Gasteiger partial charge is 0.123 e. The van der Waals surface area contributed by atoms with Crippen molar-refractivity contribution in [2.45, 2.75) is 0 Å². The maximum absolute atomic E-state index is 14.5. The molecule has 0 atom stereocenters. The quantitative estimate of drug-likeness (QED) is 0.158. The van der Waals surface area contributed by atoms with Gasteiger partial charge in [-0.1, -0.05) is 146 Å². The second kappa shape index (κ2) is 12.5. The van der Waals surface area contributed by atoms with Gasteiger partial charge in [0, 0.05) is 0 Å². The van der Waals surface area contributed by atoms with Crippen LogP contribution in [0, 0.1) is 11.6 Å². The zero-order chi connectivity index (χ0) is 38.5. The molecule has 0 N–H and O–H groups in total. The summed E-state index contributed by atoms with van der Waals surface area (Å²) in [5.74, 6) is -0.531. The molecule has 0 bridgehead atoms. The SMILES string of the molecule is Fc1ccc(-c2cc(-c3cc4ccccc4c4ccccc34)c3ccc4c(-c5ccc(F)cc5)cc(-c5cc6ccccc6c6ccccc56)c5ccc2c3c45)cc1. The lowest BCUT2D eigenvalue weighted by Gasteiger charge is -2.23. The van der Waals surface area contributed by atoms with E-state index in [0.717, 1.165) is 76.8 Å². The van der Waals surface area contributed by atoms with E-state index in [2.05, 4.69) is 146 Å². The molecule has 0 aliphatic rings. The van der Waals surface area contributed by atoms with E-state index in [1.165, 1.54) is 43.1 Å². The normalized spacial score (nSPS) is 12.0. The van der Waals surface area contributed by atoms with E-state index >= 15 is 0 Å². The molecule has 0 nitrogen and oxygen atoms in total. The summed E-state index contributed by atoms with van der Waals surface area (Å²) >= 11 is 0. The summed E-state index contributed by atoms with van der Waals surface area (Å²) in [5, 5.41) is 16.3. The zero-order valence-corrected chi connectivity index (χ0v) is 31.2. The highest BCUT2D eigenvalue weighted by atomic mass is 19.1. The maximum Gasteiger partial charge on any atom is 0.123 e. The molecule has 58 heavy (non-hydrogen) atoms. The third kappa shape index (κ3) is 4.85. The van der Waals surface area contributed by atoms with E-state index in [1.54, 1.807) is 24.3 Å². The topological polar surface area (TPSA) is 0 Å². The van der Waals surface area contributed by atoms with E-state index in [1.807, 2.05) is 24.3 Å². The van der Waals surface area contributed by atoms with E-state index in [-0.39, 0.29) is 11.6 Å². The number of hydrogen-bond acceptors (Lipinski definition) is 0. The molecule has 270 valence electrons. The summed E-state index contributed by atoms with van der Waals surface area (Å²) in [6.45, 7) is 0. The van der Waals surface area contributed by atoms with Crippen LogP contribution in [0.25, 0.3) is 120 Å². The van der Waals surface area contributed by atoms with Crippen molar-refractivity contribution in [3.05, 3.63) is 206 Å². The van der Waals surface area contributed by atoms with Gasteiger partial charge in [-0.15, -0.1) is 0 Å². The Labute approximate surface area is 333 Å². The third-order valence-corrected chi connectivity index (χ3v) is 12.3. The van der Waals surface area contributed by atoms with Gasteiger partial charge in [0.05, 0.1) is 0 Å². The van der Waals surface area contributed by atoms with Crippen LogP contribution in [0.2, 0.25) is 0 Å². The van der Waals surface area contributed by atoms with Crippen LogP contribution >= 0.6 is 0 Å². The molecule has 0 amide bonds. The van der Waals surface area contributed by atoms with Crippen LogP contribution in [0.1, 0.15) is 0 Å². The Bertz CT molecular complexity index is 3380. The van der Waals surface area contributed by atoms with E-state index in [4.69, 9.17) is 0 Å². The lowest BCUT2D eigenvalue weighted by atomic mass is 9.80. The summed E-state index contributed by atoms with van der Waals surface area (Å²) < 4.78 is 29.1. The summed E-state index contributed by atoms with van der Waals surface area (Å²) in [7, 11) is 0. The Hall–Kier alpha value is -7.42. The minimum Gasteiger partial charge on any atom is -0.207 e. The van der Waals surface area contributed by atoms with E-state index < -0.39 is 0 Å². The number of halogens is 2. The minimum absolute atomic E-state index is 0.265. The fourth-order valence-corrected chi connectivity index (χ4v) is 9.73. The highest BCUT2D eigenvalue weighted by Crippen LogP contribution is 2.50.